The molecule has 4 aromatic rings. The number of fused-ring (bicyclic) bond motifs is 1. The van der Waals surface area contributed by atoms with Crippen LogP contribution in [0.4, 0.5) is 0 Å². The summed E-state index contributed by atoms with van der Waals surface area (Å²) in [5, 5.41) is 0. The number of rotatable bonds is 7. The molecular formula is C26H26BrN3O3S. The fourth-order valence-corrected chi connectivity index (χ4v) is 6.18. The molecule has 0 saturated carbocycles. The average Bonchev–Trinajstić information content (AvgIpc) is 3.21. The number of aromatic nitrogens is 2. The molecule has 1 aliphatic rings. The number of halogens is 1. The van der Waals surface area contributed by atoms with Crippen LogP contribution in [0.5, 0.6) is 5.75 Å². The van der Waals surface area contributed by atoms with E-state index in [0.717, 1.165) is 46.5 Å². The van der Waals surface area contributed by atoms with Gasteiger partial charge in [-0.1, -0.05) is 46.3 Å². The lowest BCUT2D eigenvalue weighted by Crippen LogP contribution is -2.39. The highest BCUT2D eigenvalue weighted by atomic mass is 79.9. The Hall–Kier alpha value is -2.68. The zero-order valence-electron chi connectivity index (χ0n) is 18.7. The fourth-order valence-electron chi connectivity index (χ4n) is 4.45. The molecule has 1 saturated heterocycles. The lowest BCUT2D eigenvalue weighted by atomic mass is 9.98. The summed E-state index contributed by atoms with van der Waals surface area (Å²) in [4.78, 5) is 5.16. The number of nitrogens with zero attached hydrogens (tertiary/aromatic N) is 3. The summed E-state index contributed by atoms with van der Waals surface area (Å²) in [7, 11) is -3.47. The van der Waals surface area contributed by atoms with Crippen molar-refractivity contribution in [2.24, 2.45) is 5.92 Å². The molecule has 1 aliphatic heterocycles. The molecule has 0 spiro atoms. The van der Waals surface area contributed by atoms with E-state index in [1.165, 1.54) is 0 Å². The number of imidazole rings is 1. The van der Waals surface area contributed by atoms with E-state index in [2.05, 4.69) is 26.6 Å². The monoisotopic (exact) mass is 539 g/mol. The Labute approximate surface area is 208 Å². The van der Waals surface area contributed by atoms with Gasteiger partial charge in [0.15, 0.2) is 0 Å². The van der Waals surface area contributed by atoms with Gasteiger partial charge in [0, 0.05) is 24.1 Å². The van der Waals surface area contributed by atoms with Gasteiger partial charge in [0.05, 0.1) is 15.9 Å². The molecule has 0 atom stereocenters. The number of hydrogen-bond donors (Lipinski definition) is 0. The summed E-state index contributed by atoms with van der Waals surface area (Å²) in [6.45, 7) is 2.22. The van der Waals surface area contributed by atoms with Gasteiger partial charge in [0.25, 0.3) is 0 Å². The SMILES string of the molecule is O=S(=O)(c1ccc(Br)cc1)N1CCC(Cn2c(COc3ccccc3)nc3ccccc32)CC1. The Bertz CT molecular complexity index is 1360. The minimum Gasteiger partial charge on any atom is -0.486 e. The van der Waals surface area contributed by atoms with Crippen LogP contribution in [0.2, 0.25) is 0 Å². The van der Waals surface area contributed by atoms with Crippen molar-refractivity contribution in [3.63, 3.8) is 0 Å². The second-order valence-corrected chi connectivity index (χ2v) is 11.4. The summed E-state index contributed by atoms with van der Waals surface area (Å²) in [6, 6.07) is 24.7. The molecule has 0 bridgehead atoms. The molecule has 1 fully saturated rings. The third-order valence-electron chi connectivity index (χ3n) is 6.31. The van der Waals surface area contributed by atoms with E-state index in [9.17, 15) is 8.42 Å². The van der Waals surface area contributed by atoms with Crippen LogP contribution in [-0.2, 0) is 23.2 Å². The van der Waals surface area contributed by atoms with Gasteiger partial charge in [0.1, 0.15) is 18.2 Å². The van der Waals surface area contributed by atoms with E-state index in [-0.39, 0.29) is 0 Å². The number of hydrogen-bond acceptors (Lipinski definition) is 4. The Balaban J connectivity index is 1.30. The molecule has 0 aliphatic carbocycles. The maximum absolute atomic E-state index is 13.0. The van der Waals surface area contributed by atoms with Crippen molar-refractivity contribution in [1.29, 1.82) is 0 Å². The zero-order valence-corrected chi connectivity index (χ0v) is 21.1. The van der Waals surface area contributed by atoms with Crippen molar-refractivity contribution in [2.45, 2.75) is 30.9 Å². The summed E-state index contributed by atoms with van der Waals surface area (Å²) in [5.74, 6) is 2.06. The van der Waals surface area contributed by atoms with Crippen LogP contribution in [0.1, 0.15) is 18.7 Å². The summed E-state index contributed by atoms with van der Waals surface area (Å²) >= 11 is 3.37. The van der Waals surface area contributed by atoms with Gasteiger partial charge in [-0.3, -0.25) is 0 Å². The fraction of sp³-hybridized carbons (Fsp3) is 0.269. The maximum atomic E-state index is 13.0. The quantitative estimate of drug-likeness (QED) is 0.312. The van der Waals surface area contributed by atoms with E-state index in [1.807, 2.05) is 48.5 Å². The Morgan fingerprint density at radius 3 is 2.32 bits per heavy atom. The molecular weight excluding hydrogens is 514 g/mol. The number of piperidine rings is 1. The molecule has 3 aromatic carbocycles. The zero-order chi connectivity index (χ0) is 23.5. The molecule has 2 heterocycles. The van der Waals surface area contributed by atoms with Gasteiger partial charge in [-0.05, 0) is 67.3 Å². The lowest BCUT2D eigenvalue weighted by molar-refractivity contribution is 0.244. The van der Waals surface area contributed by atoms with Gasteiger partial charge in [-0.25, -0.2) is 13.4 Å². The predicted molar refractivity (Wildman–Crippen MR) is 136 cm³/mol. The molecule has 176 valence electrons. The van der Waals surface area contributed by atoms with Crippen molar-refractivity contribution in [2.75, 3.05) is 13.1 Å². The molecule has 34 heavy (non-hydrogen) atoms. The van der Waals surface area contributed by atoms with Crippen LogP contribution in [0.3, 0.4) is 0 Å². The minimum absolute atomic E-state index is 0.343. The van der Waals surface area contributed by atoms with E-state index >= 15 is 0 Å². The first-order valence-corrected chi connectivity index (χ1v) is 13.6. The molecule has 8 heteroatoms. The molecule has 0 radical (unpaired) electrons. The first kappa shape index (κ1) is 23.1. The van der Waals surface area contributed by atoms with Crippen molar-refractivity contribution in [1.82, 2.24) is 13.9 Å². The highest BCUT2D eigenvalue weighted by molar-refractivity contribution is 9.10. The topological polar surface area (TPSA) is 64.4 Å². The van der Waals surface area contributed by atoms with Gasteiger partial charge in [-0.15, -0.1) is 0 Å². The van der Waals surface area contributed by atoms with E-state index in [0.29, 0.717) is 30.5 Å². The van der Waals surface area contributed by atoms with E-state index < -0.39 is 10.0 Å². The number of para-hydroxylation sites is 3. The Kier molecular flexibility index (Phi) is 6.72. The number of sulfonamides is 1. The third kappa shape index (κ3) is 4.89. The smallest absolute Gasteiger partial charge is 0.243 e. The summed E-state index contributed by atoms with van der Waals surface area (Å²) in [6.07, 6.45) is 1.61. The molecule has 0 N–H and O–H groups in total. The summed E-state index contributed by atoms with van der Waals surface area (Å²) in [5.41, 5.74) is 2.03. The second kappa shape index (κ2) is 9.90. The van der Waals surface area contributed by atoms with E-state index in [1.54, 1.807) is 28.6 Å². The average molecular weight is 540 g/mol. The van der Waals surface area contributed by atoms with Crippen LogP contribution in [0, 0.1) is 5.92 Å². The van der Waals surface area contributed by atoms with Crippen molar-refractivity contribution < 1.29 is 13.2 Å². The molecule has 1 aromatic heterocycles. The molecule has 6 nitrogen and oxygen atoms in total. The molecule has 0 unspecified atom stereocenters. The first-order valence-electron chi connectivity index (χ1n) is 11.4. The standard InChI is InChI=1S/C26H26BrN3O3S/c27-21-10-12-23(13-11-21)34(31,32)29-16-14-20(15-17-29)18-30-25-9-5-4-8-24(25)28-26(30)19-33-22-6-2-1-3-7-22/h1-13,20H,14-19H2. The molecule has 5 rings (SSSR count). The van der Waals surface area contributed by atoms with Crippen molar-refractivity contribution in [3.8, 4) is 5.75 Å². The van der Waals surface area contributed by atoms with Gasteiger partial charge < -0.3 is 9.30 Å². The Morgan fingerprint density at radius 1 is 0.912 bits per heavy atom. The van der Waals surface area contributed by atoms with Crippen LogP contribution in [0.15, 0.2) is 88.2 Å². The van der Waals surface area contributed by atoms with E-state index in [4.69, 9.17) is 9.72 Å². The van der Waals surface area contributed by atoms with Gasteiger partial charge in [-0.2, -0.15) is 4.31 Å². The van der Waals surface area contributed by atoms with Gasteiger partial charge >= 0.3 is 0 Å². The van der Waals surface area contributed by atoms with Crippen LogP contribution < -0.4 is 4.74 Å². The molecule has 0 amide bonds. The van der Waals surface area contributed by atoms with Crippen LogP contribution in [-0.4, -0.2) is 35.4 Å². The number of benzene rings is 3. The van der Waals surface area contributed by atoms with Crippen LogP contribution in [0.25, 0.3) is 11.0 Å². The van der Waals surface area contributed by atoms with Crippen LogP contribution >= 0.6 is 15.9 Å². The predicted octanol–water partition coefficient (Wildman–Crippen LogP) is 5.48. The maximum Gasteiger partial charge on any atom is 0.243 e. The highest BCUT2D eigenvalue weighted by Crippen LogP contribution is 2.28. The van der Waals surface area contributed by atoms with Crippen molar-refractivity contribution in [3.05, 3.63) is 89.2 Å². The third-order valence-corrected chi connectivity index (χ3v) is 8.75. The first-order chi connectivity index (χ1) is 16.5. The van der Waals surface area contributed by atoms with Gasteiger partial charge in [0.2, 0.25) is 10.0 Å². The number of ether oxygens (including phenoxy) is 1. The van der Waals surface area contributed by atoms with Crippen molar-refractivity contribution >= 4 is 37.0 Å². The second-order valence-electron chi connectivity index (χ2n) is 8.53. The highest BCUT2D eigenvalue weighted by Gasteiger charge is 2.30. The minimum atomic E-state index is -3.47. The lowest BCUT2D eigenvalue weighted by Gasteiger charge is -2.31. The summed E-state index contributed by atoms with van der Waals surface area (Å²) < 4.78 is 36.8. The normalized spacial score (nSPS) is 15.6. The Morgan fingerprint density at radius 2 is 1.59 bits per heavy atom. The largest absolute Gasteiger partial charge is 0.486 e.